The van der Waals surface area contributed by atoms with Crippen LogP contribution in [0.15, 0.2) is 0 Å². The van der Waals surface area contributed by atoms with Gasteiger partial charge in [-0.1, -0.05) is 13.8 Å². The standard InChI is InChI=1S/C11H23N3O.ClH/c1-9(2)6-13-11(15)8-14-5-4-12-10(3)7-14;/h9-10,12H,4-8H2,1-3H3,(H,13,15);1H. The van der Waals surface area contributed by atoms with Crippen LogP contribution in [-0.4, -0.2) is 49.6 Å². The summed E-state index contributed by atoms with van der Waals surface area (Å²) in [6.45, 7) is 10.6. The Balaban J connectivity index is 0.00000225. The normalized spacial score (nSPS) is 21.6. The molecule has 1 saturated heterocycles. The molecule has 16 heavy (non-hydrogen) atoms. The van der Waals surface area contributed by atoms with Gasteiger partial charge < -0.3 is 10.6 Å². The van der Waals surface area contributed by atoms with Crippen molar-refractivity contribution >= 4 is 18.3 Å². The largest absolute Gasteiger partial charge is 0.355 e. The van der Waals surface area contributed by atoms with Gasteiger partial charge in [0.2, 0.25) is 5.91 Å². The number of nitrogens with zero attached hydrogens (tertiary/aromatic N) is 1. The first-order valence-electron chi connectivity index (χ1n) is 5.80. The fourth-order valence-corrected chi connectivity index (χ4v) is 1.73. The molecule has 0 radical (unpaired) electrons. The topological polar surface area (TPSA) is 44.4 Å². The molecule has 1 atom stereocenters. The third-order valence-corrected chi connectivity index (χ3v) is 2.53. The molecule has 1 aliphatic heterocycles. The van der Waals surface area contributed by atoms with Crippen molar-refractivity contribution in [2.45, 2.75) is 26.8 Å². The van der Waals surface area contributed by atoms with E-state index in [0.29, 0.717) is 18.5 Å². The summed E-state index contributed by atoms with van der Waals surface area (Å²) in [7, 11) is 0. The third-order valence-electron chi connectivity index (χ3n) is 2.53. The molecule has 1 rings (SSSR count). The van der Waals surface area contributed by atoms with Gasteiger partial charge >= 0.3 is 0 Å². The maximum atomic E-state index is 11.5. The lowest BCUT2D eigenvalue weighted by Gasteiger charge is -2.31. The summed E-state index contributed by atoms with van der Waals surface area (Å²) >= 11 is 0. The zero-order valence-electron chi connectivity index (χ0n) is 10.5. The molecular weight excluding hydrogens is 226 g/mol. The van der Waals surface area contributed by atoms with Crippen LogP contribution in [0.3, 0.4) is 0 Å². The number of hydrogen-bond acceptors (Lipinski definition) is 3. The van der Waals surface area contributed by atoms with E-state index in [1.54, 1.807) is 0 Å². The molecule has 4 nitrogen and oxygen atoms in total. The number of carbonyl (C=O) groups excluding carboxylic acids is 1. The molecule has 0 spiro atoms. The van der Waals surface area contributed by atoms with E-state index in [9.17, 15) is 4.79 Å². The van der Waals surface area contributed by atoms with Crippen LogP contribution in [0.2, 0.25) is 0 Å². The number of halogens is 1. The van der Waals surface area contributed by atoms with Gasteiger partial charge in [-0.25, -0.2) is 0 Å². The fraction of sp³-hybridized carbons (Fsp3) is 0.909. The molecule has 0 bridgehead atoms. The van der Waals surface area contributed by atoms with E-state index in [0.717, 1.165) is 26.2 Å². The van der Waals surface area contributed by atoms with Crippen LogP contribution < -0.4 is 10.6 Å². The molecule has 0 aromatic heterocycles. The SMILES string of the molecule is CC(C)CNC(=O)CN1CCNC(C)C1.Cl. The number of hydrogen-bond donors (Lipinski definition) is 2. The molecule has 5 heteroatoms. The number of nitrogens with one attached hydrogen (secondary N) is 2. The minimum Gasteiger partial charge on any atom is -0.355 e. The zero-order chi connectivity index (χ0) is 11.3. The van der Waals surface area contributed by atoms with Gasteiger partial charge in [-0.15, -0.1) is 12.4 Å². The molecule has 1 unspecified atom stereocenters. The molecule has 1 aliphatic rings. The highest BCUT2D eigenvalue weighted by atomic mass is 35.5. The number of carbonyl (C=O) groups is 1. The summed E-state index contributed by atoms with van der Waals surface area (Å²) in [5.74, 6) is 0.675. The predicted octanol–water partition coefficient (Wildman–Crippen LogP) is 0.474. The first-order chi connectivity index (χ1) is 7.08. The van der Waals surface area contributed by atoms with E-state index in [1.165, 1.54) is 0 Å². The van der Waals surface area contributed by atoms with Crippen LogP contribution in [0.5, 0.6) is 0 Å². The van der Waals surface area contributed by atoms with Gasteiger partial charge in [-0.3, -0.25) is 9.69 Å². The monoisotopic (exact) mass is 249 g/mol. The molecule has 0 aromatic rings. The van der Waals surface area contributed by atoms with Crippen LogP contribution in [0, 0.1) is 5.92 Å². The van der Waals surface area contributed by atoms with E-state index in [1.807, 2.05) is 0 Å². The van der Waals surface area contributed by atoms with Gasteiger partial charge in [0.1, 0.15) is 0 Å². The van der Waals surface area contributed by atoms with E-state index in [-0.39, 0.29) is 18.3 Å². The highest BCUT2D eigenvalue weighted by molar-refractivity contribution is 5.85. The van der Waals surface area contributed by atoms with E-state index < -0.39 is 0 Å². The predicted molar refractivity (Wildman–Crippen MR) is 69.0 cm³/mol. The van der Waals surface area contributed by atoms with Crippen molar-refractivity contribution in [3.63, 3.8) is 0 Å². The second-order valence-corrected chi connectivity index (χ2v) is 4.79. The summed E-state index contributed by atoms with van der Waals surface area (Å²) in [4.78, 5) is 13.8. The minimum absolute atomic E-state index is 0. The van der Waals surface area contributed by atoms with Crippen LogP contribution >= 0.6 is 12.4 Å². The lowest BCUT2D eigenvalue weighted by Crippen LogP contribution is -2.52. The Morgan fingerprint density at radius 1 is 1.56 bits per heavy atom. The first kappa shape index (κ1) is 15.7. The van der Waals surface area contributed by atoms with Crippen LogP contribution in [0.4, 0.5) is 0 Å². The third kappa shape index (κ3) is 6.30. The fourth-order valence-electron chi connectivity index (χ4n) is 1.73. The molecule has 1 heterocycles. The van der Waals surface area contributed by atoms with Crippen molar-refractivity contribution in [3.8, 4) is 0 Å². The molecule has 0 aromatic carbocycles. The summed E-state index contributed by atoms with van der Waals surface area (Å²) < 4.78 is 0. The molecule has 96 valence electrons. The number of rotatable bonds is 4. The van der Waals surface area contributed by atoms with E-state index in [4.69, 9.17) is 0 Å². The van der Waals surface area contributed by atoms with Crippen molar-refractivity contribution in [2.24, 2.45) is 5.92 Å². The van der Waals surface area contributed by atoms with Crippen molar-refractivity contribution in [2.75, 3.05) is 32.7 Å². The average molecular weight is 250 g/mol. The van der Waals surface area contributed by atoms with E-state index in [2.05, 4.69) is 36.3 Å². The molecular formula is C11H24ClN3O. The first-order valence-corrected chi connectivity index (χ1v) is 5.80. The lowest BCUT2D eigenvalue weighted by molar-refractivity contribution is -0.122. The second kappa shape index (κ2) is 7.87. The average Bonchev–Trinajstić information content (AvgIpc) is 2.15. The maximum Gasteiger partial charge on any atom is 0.234 e. The van der Waals surface area contributed by atoms with Crippen LogP contribution in [-0.2, 0) is 4.79 Å². The van der Waals surface area contributed by atoms with Gasteiger partial charge in [0.15, 0.2) is 0 Å². The maximum absolute atomic E-state index is 11.5. The summed E-state index contributed by atoms with van der Waals surface area (Å²) in [5, 5.41) is 6.31. The molecule has 1 amide bonds. The molecule has 0 aliphatic carbocycles. The Hall–Kier alpha value is -0.320. The Bertz CT molecular complexity index is 211. The van der Waals surface area contributed by atoms with E-state index >= 15 is 0 Å². The van der Waals surface area contributed by atoms with Gasteiger partial charge in [-0.2, -0.15) is 0 Å². The molecule has 2 N–H and O–H groups in total. The lowest BCUT2D eigenvalue weighted by atomic mass is 10.2. The highest BCUT2D eigenvalue weighted by Crippen LogP contribution is 1.97. The van der Waals surface area contributed by atoms with Crippen molar-refractivity contribution < 1.29 is 4.79 Å². The Morgan fingerprint density at radius 3 is 2.81 bits per heavy atom. The second-order valence-electron chi connectivity index (χ2n) is 4.79. The van der Waals surface area contributed by atoms with Crippen LogP contribution in [0.1, 0.15) is 20.8 Å². The summed E-state index contributed by atoms with van der Waals surface area (Å²) in [6.07, 6.45) is 0. The van der Waals surface area contributed by atoms with Gasteiger partial charge in [-0.05, 0) is 12.8 Å². The molecule has 1 fully saturated rings. The minimum atomic E-state index is 0. The molecule has 0 saturated carbocycles. The Kier molecular flexibility index (Phi) is 7.72. The number of piperazine rings is 1. The van der Waals surface area contributed by atoms with Crippen molar-refractivity contribution in [1.29, 1.82) is 0 Å². The smallest absolute Gasteiger partial charge is 0.234 e. The zero-order valence-corrected chi connectivity index (χ0v) is 11.3. The summed E-state index contributed by atoms with van der Waals surface area (Å²) in [6, 6.07) is 0.497. The van der Waals surface area contributed by atoms with Gasteiger partial charge in [0.25, 0.3) is 0 Å². The Labute approximate surface area is 105 Å². The van der Waals surface area contributed by atoms with Gasteiger partial charge in [0.05, 0.1) is 6.54 Å². The quantitative estimate of drug-likeness (QED) is 0.762. The van der Waals surface area contributed by atoms with Crippen molar-refractivity contribution in [1.82, 2.24) is 15.5 Å². The van der Waals surface area contributed by atoms with Gasteiger partial charge in [0, 0.05) is 32.2 Å². The number of amides is 1. The summed E-state index contributed by atoms with van der Waals surface area (Å²) in [5.41, 5.74) is 0. The van der Waals surface area contributed by atoms with Crippen LogP contribution in [0.25, 0.3) is 0 Å². The van der Waals surface area contributed by atoms with Crippen molar-refractivity contribution in [3.05, 3.63) is 0 Å². The Morgan fingerprint density at radius 2 is 2.25 bits per heavy atom. The highest BCUT2D eigenvalue weighted by Gasteiger charge is 2.17.